The molecule has 0 amide bonds. The Morgan fingerprint density at radius 1 is 1.15 bits per heavy atom. The molecule has 0 aliphatic carbocycles. The summed E-state index contributed by atoms with van der Waals surface area (Å²) in [5.41, 5.74) is 1.99. The molecular weight excluding hydrogens is 346 g/mol. The lowest BCUT2D eigenvalue weighted by atomic mass is 10.2. The van der Waals surface area contributed by atoms with Crippen LogP contribution in [0, 0.1) is 0 Å². The van der Waals surface area contributed by atoms with Crippen molar-refractivity contribution < 1.29 is 9.15 Å². The van der Waals surface area contributed by atoms with E-state index in [2.05, 4.69) is 10.3 Å². The van der Waals surface area contributed by atoms with E-state index < -0.39 is 0 Å². The minimum atomic E-state index is 0.574. The molecule has 1 aromatic carbocycles. The molecule has 5 nitrogen and oxygen atoms in total. The SMILES string of the molecule is CCOc1ccc(NC(=S)N(Cc2cccnc2)Cc2ccco2)cc1. The van der Waals surface area contributed by atoms with Crippen LogP contribution >= 0.6 is 12.2 Å². The van der Waals surface area contributed by atoms with Gasteiger partial charge < -0.3 is 19.4 Å². The van der Waals surface area contributed by atoms with Crippen LogP contribution in [0.2, 0.25) is 0 Å². The van der Waals surface area contributed by atoms with Crippen LogP contribution in [0.4, 0.5) is 5.69 Å². The molecule has 0 saturated heterocycles. The minimum absolute atomic E-state index is 0.574. The first kappa shape index (κ1) is 17.9. The van der Waals surface area contributed by atoms with Crippen LogP contribution in [-0.2, 0) is 13.1 Å². The highest BCUT2D eigenvalue weighted by Crippen LogP contribution is 2.17. The van der Waals surface area contributed by atoms with Crippen LogP contribution < -0.4 is 10.1 Å². The van der Waals surface area contributed by atoms with Crippen LogP contribution in [0.5, 0.6) is 5.75 Å². The van der Waals surface area contributed by atoms with Crippen LogP contribution in [0.3, 0.4) is 0 Å². The number of benzene rings is 1. The standard InChI is InChI=1S/C20H21N3O2S/c1-2-24-18-9-7-17(8-10-18)22-20(26)23(15-19-6-4-12-25-19)14-16-5-3-11-21-13-16/h3-13H,2,14-15H2,1H3,(H,22,26). The van der Waals surface area contributed by atoms with Crippen LogP contribution in [0.1, 0.15) is 18.2 Å². The first-order chi connectivity index (χ1) is 12.7. The van der Waals surface area contributed by atoms with Gasteiger partial charge in [0, 0.05) is 24.6 Å². The molecule has 2 aromatic heterocycles. The summed E-state index contributed by atoms with van der Waals surface area (Å²) in [6.45, 7) is 3.82. The van der Waals surface area contributed by atoms with Crippen molar-refractivity contribution in [3.8, 4) is 5.75 Å². The molecule has 0 aliphatic rings. The fourth-order valence-corrected chi connectivity index (χ4v) is 2.75. The van der Waals surface area contributed by atoms with Gasteiger partial charge >= 0.3 is 0 Å². The Hall–Kier alpha value is -2.86. The number of hydrogen-bond donors (Lipinski definition) is 1. The molecule has 26 heavy (non-hydrogen) atoms. The molecular formula is C20H21N3O2S. The van der Waals surface area contributed by atoms with Gasteiger partial charge in [-0.05, 0) is 67.2 Å². The summed E-state index contributed by atoms with van der Waals surface area (Å²) in [6, 6.07) is 15.5. The van der Waals surface area contributed by atoms with Crippen molar-refractivity contribution in [3.63, 3.8) is 0 Å². The lowest BCUT2D eigenvalue weighted by molar-refractivity contribution is 0.340. The van der Waals surface area contributed by atoms with E-state index >= 15 is 0 Å². The summed E-state index contributed by atoms with van der Waals surface area (Å²) >= 11 is 5.64. The maximum Gasteiger partial charge on any atom is 0.174 e. The quantitative estimate of drug-likeness (QED) is 0.622. The summed E-state index contributed by atoms with van der Waals surface area (Å²) in [5, 5.41) is 3.90. The Kier molecular flexibility index (Phi) is 6.22. The van der Waals surface area contributed by atoms with Crippen molar-refractivity contribution in [2.75, 3.05) is 11.9 Å². The summed E-state index contributed by atoms with van der Waals surface area (Å²) in [7, 11) is 0. The number of anilines is 1. The predicted molar refractivity (Wildman–Crippen MR) is 106 cm³/mol. The zero-order chi connectivity index (χ0) is 18.2. The first-order valence-electron chi connectivity index (χ1n) is 8.44. The average Bonchev–Trinajstić information content (AvgIpc) is 3.17. The number of ether oxygens (including phenoxy) is 1. The van der Waals surface area contributed by atoms with E-state index in [9.17, 15) is 0 Å². The fraction of sp³-hybridized carbons (Fsp3) is 0.200. The van der Waals surface area contributed by atoms with Crippen molar-refractivity contribution in [3.05, 3.63) is 78.5 Å². The number of pyridine rings is 1. The number of rotatable bonds is 7. The molecule has 0 saturated carbocycles. The highest BCUT2D eigenvalue weighted by atomic mass is 32.1. The van der Waals surface area contributed by atoms with Gasteiger partial charge in [-0.3, -0.25) is 4.98 Å². The summed E-state index contributed by atoms with van der Waals surface area (Å²) in [4.78, 5) is 6.22. The van der Waals surface area contributed by atoms with E-state index in [1.54, 1.807) is 12.5 Å². The van der Waals surface area contributed by atoms with E-state index in [1.807, 2.05) is 66.6 Å². The molecule has 0 bridgehead atoms. The number of thiocarbonyl (C=S) groups is 1. The van der Waals surface area contributed by atoms with Gasteiger partial charge in [-0.15, -0.1) is 0 Å². The monoisotopic (exact) mass is 367 g/mol. The number of aromatic nitrogens is 1. The smallest absolute Gasteiger partial charge is 0.174 e. The highest BCUT2D eigenvalue weighted by Gasteiger charge is 2.13. The molecule has 3 rings (SSSR count). The molecule has 1 N–H and O–H groups in total. The molecule has 3 aromatic rings. The van der Waals surface area contributed by atoms with Gasteiger partial charge in [0.25, 0.3) is 0 Å². The Labute approximate surface area is 158 Å². The van der Waals surface area contributed by atoms with Gasteiger partial charge in [0.2, 0.25) is 0 Å². The van der Waals surface area contributed by atoms with Gasteiger partial charge in [-0.1, -0.05) is 6.07 Å². The van der Waals surface area contributed by atoms with Crippen molar-refractivity contribution in [2.24, 2.45) is 0 Å². The van der Waals surface area contributed by atoms with Gasteiger partial charge in [-0.25, -0.2) is 0 Å². The second kappa shape index (κ2) is 9.01. The van der Waals surface area contributed by atoms with Gasteiger partial charge in [0.1, 0.15) is 11.5 Å². The van der Waals surface area contributed by atoms with Crippen LogP contribution in [-0.4, -0.2) is 21.6 Å². The third-order valence-corrected chi connectivity index (χ3v) is 4.09. The van der Waals surface area contributed by atoms with E-state index in [-0.39, 0.29) is 0 Å². The van der Waals surface area contributed by atoms with Gasteiger partial charge in [-0.2, -0.15) is 0 Å². The van der Waals surface area contributed by atoms with E-state index in [4.69, 9.17) is 21.4 Å². The summed E-state index contributed by atoms with van der Waals surface area (Å²) in [6.07, 6.45) is 5.27. The average molecular weight is 367 g/mol. The number of nitrogens with one attached hydrogen (secondary N) is 1. The maximum absolute atomic E-state index is 5.64. The van der Waals surface area contributed by atoms with Crippen molar-refractivity contribution in [1.29, 1.82) is 0 Å². The number of furan rings is 1. The fourth-order valence-electron chi connectivity index (χ4n) is 2.51. The van der Waals surface area contributed by atoms with Crippen LogP contribution in [0.25, 0.3) is 0 Å². The first-order valence-corrected chi connectivity index (χ1v) is 8.85. The van der Waals surface area contributed by atoms with Gasteiger partial charge in [0.05, 0.1) is 19.4 Å². The second-order valence-corrected chi connectivity index (χ2v) is 6.07. The molecule has 0 fully saturated rings. The Balaban J connectivity index is 1.71. The Morgan fingerprint density at radius 3 is 2.65 bits per heavy atom. The predicted octanol–water partition coefficient (Wildman–Crippen LogP) is 4.47. The maximum atomic E-state index is 5.64. The molecule has 0 radical (unpaired) electrons. The lowest BCUT2D eigenvalue weighted by Crippen LogP contribution is -2.33. The number of hydrogen-bond acceptors (Lipinski definition) is 4. The van der Waals surface area contributed by atoms with Gasteiger partial charge in [0.15, 0.2) is 5.11 Å². The number of nitrogens with zero attached hydrogens (tertiary/aromatic N) is 2. The minimum Gasteiger partial charge on any atom is -0.494 e. The van der Waals surface area contributed by atoms with Crippen molar-refractivity contribution in [2.45, 2.75) is 20.0 Å². The molecule has 0 spiro atoms. The van der Waals surface area contributed by atoms with E-state index in [1.165, 1.54) is 0 Å². The summed E-state index contributed by atoms with van der Waals surface area (Å²) in [5.74, 6) is 1.69. The molecule has 6 heteroatoms. The largest absolute Gasteiger partial charge is 0.494 e. The molecule has 0 unspecified atom stereocenters. The second-order valence-electron chi connectivity index (χ2n) is 5.68. The Bertz CT molecular complexity index is 805. The lowest BCUT2D eigenvalue weighted by Gasteiger charge is -2.25. The third-order valence-electron chi connectivity index (χ3n) is 3.73. The van der Waals surface area contributed by atoms with Crippen molar-refractivity contribution >= 4 is 23.0 Å². The van der Waals surface area contributed by atoms with Crippen LogP contribution in [0.15, 0.2) is 71.6 Å². The zero-order valence-corrected chi connectivity index (χ0v) is 15.4. The van der Waals surface area contributed by atoms with Crippen molar-refractivity contribution in [1.82, 2.24) is 9.88 Å². The van der Waals surface area contributed by atoms with E-state index in [0.717, 1.165) is 22.8 Å². The normalized spacial score (nSPS) is 10.3. The summed E-state index contributed by atoms with van der Waals surface area (Å²) < 4.78 is 11.0. The topological polar surface area (TPSA) is 50.5 Å². The molecule has 0 atom stereocenters. The molecule has 2 heterocycles. The zero-order valence-electron chi connectivity index (χ0n) is 14.6. The highest BCUT2D eigenvalue weighted by molar-refractivity contribution is 7.80. The van der Waals surface area contributed by atoms with E-state index in [0.29, 0.717) is 24.8 Å². The Morgan fingerprint density at radius 2 is 2.00 bits per heavy atom. The molecule has 134 valence electrons. The molecule has 0 aliphatic heterocycles. The third kappa shape index (κ3) is 5.07.